The molecule has 0 bridgehead atoms. The van der Waals surface area contributed by atoms with Gasteiger partial charge >= 0.3 is 0 Å². The average Bonchev–Trinajstić information content (AvgIpc) is 3.05. The first-order valence-corrected chi connectivity index (χ1v) is 11.3. The second-order valence-electron chi connectivity index (χ2n) is 7.86. The van der Waals surface area contributed by atoms with Crippen LogP contribution in [-0.4, -0.2) is 11.8 Å². The summed E-state index contributed by atoms with van der Waals surface area (Å²) in [5.74, 6) is -0.568. The molecule has 1 heterocycles. The minimum atomic E-state index is -0.284. The SMILES string of the molecule is Cc1ccc(C2=C(Sc3ccccc3)C(=O)N(c3cccc4ccccc34)C2=O)cc1C. The highest BCUT2D eigenvalue weighted by Gasteiger charge is 2.41. The van der Waals surface area contributed by atoms with Gasteiger partial charge in [-0.15, -0.1) is 0 Å². The number of nitrogens with zero attached hydrogens (tertiary/aromatic N) is 1. The zero-order valence-corrected chi connectivity index (χ0v) is 18.6. The molecule has 3 nitrogen and oxygen atoms in total. The van der Waals surface area contributed by atoms with Gasteiger partial charge in [0.2, 0.25) is 0 Å². The molecule has 0 spiro atoms. The molecular formula is C28H21NO2S. The highest BCUT2D eigenvalue weighted by atomic mass is 32.2. The minimum Gasteiger partial charge on any atom is -0.268 e. The third kappa shape index (κ3) is 3.43. The number of rotatable bonds is 4. The number of imide groups is 1. The Balaban J connectivity index is 1.68. The Morgan fingerprint density at radius 1 is 0.688 bits per heavy atom. The van der Waals surface area contributed by atoms with Crippen LogP contribution >= 0.6 is 11.8 Å². The summed E-state index contributed by atoms with van der Waals surface area (Å²) in [7, 11) is 0. The van der Waals surface area contributed by atoms with Crippen LogP contribution in [0.5, 0.6) is 0 Å². The summed E-state index contributed by atoms with van der Waals surface area (Å²) in [6.07, 6.45) is 0. The lowest BCUT2D eigenvalue weighted by Crippen LogP contribution is -2.31. The molecule has 5 rings (SSSR count). The van der Waals surface area contributed by atoms with Crippen LogP contribution < -0.4 is 4.90 Å². The number of anilines is 1. The lowest BCUT2D eigenvalue weighted by Gasteiger charge is -2.17. The van der Waals surface area contributed by atoms with E-state index in [1.54, 1.807) is 0 Å². The van der Waals surface area contributed by atoms with Crippen LogP contribution in [0.3, 0.4) is 0 Å². The van der Waals surface area contributed by atoms with E-state index in [-0.39, 0.29) is 11.8 Å². The van der Waals surface area contributed by atoms with Crippen LogP contribution in [0.1, 0.15) is 16.7 Å². The molecule has 1 aliphatic heterocycles. The Kier molecular flexibility index (Phi) is 5.16. The number of hydrogen-bond donors (Lipinski definition) is 0. The first kappa shape index (κ1) is 20.3. The lowest BCUT2D eigenvalue weighted by atomic mass is 10.0. The van der Waals surface area contributed by atoms with Crippen molar-refractivity contribution in [3.05, 3.63) is 113 Å². The smallest absolute Gasteiger partial charge is 0.268 e. The Morgan fingerprint density at radius 3 is 2.19 bits per heavy atom. The first-order valence-electron chi connectivity index (χ1n) is 10.5. The van der Waals surface area contributed by atoms with Crippen molar-refractivity contribution in [1.29, 1.82) is 0 Å². The monoisotopic (exact) mass is 435 g/mol. The topological polar surface area (TPSA) is 37.4 Å². The fourth-order valence-electron chi connectivity index (χ4n) is 3.98. The van der Waals surface area contributed by atoms with Gasteiger partial charge in [0.05, 0.1) is 16.2 Å². The van der Waals surface area contributed by atoms with Crippen LogP contribution in [0.4, 0.5) is 5.69 Å². The number of hydrogen-bond acceptors (Lipinski definition) is 3. The summed E-state index contributed by atoms with van der Waals surface area (Å²) in [6.45, 7) is 4.06. The van der Waals surface area contributed by atoms with Crippen molar-refractivity contribution in [2.24, 2.45) is 0 Å². The van der Waals surface area contributed by atoms with Gasteiger partial charge in [0, 0.05) is 10.3 Å². The van der Waals surface area contributed by atoms with Crippen molar-refractivity contribution in [2.45, 2.75) is 18.7 Å². The quantitative estimate of drug-likeness (QED) is 0.342. The average molecular weight is 436 g/mol. The third-order valence-electron chi connectivity index (χ3n) is 5.81. The molecule has 1 aliphatic rings. The number of aryl methyl sites for hydroxylation is 2. The van der Waals surface area contributed by atoms with E-state index in [1.165, 1.54) is 16.7 Å². The fraction of sp³-hybridized carbons (Fsp3) is 0.0714. The molecule has 0 N–H and O–H groups in total. The number of fused-ring (bicyclic) bond motifs is 1. The lowest BCUT2D eigenvalue weighted by molar-refractivity contribution is -0.119. The van der Waals surface area contributed by atoms with Crippen molar-refractivity contribution in [3.8, 4) is 0 Å². The van der Waals surface area contributed by atoms with E-state index in [1.807, 2.05) is 105 Å². The number of amides is 2. The zero-order chi connectivity index (χ0) is 22.2. The summed E-state index contributed by atoms with van der Waals surface area (Å²) in [5.41, 5.74) is 4.08. The molecule has 0 fully saturated rings. The van der Waals surface area contributed by atoms with E-state index in [2.05, 4.69) is 0 Å². The van der Waals surface area contributed by atoms with Crippen molar-refractivity contribution < 1.29 is 9.59 Å². The van der Waals surface area contributed by atoms with Gasteiger partial charge in [-0.3, -0.25) is 9.59 Å². The van der Waals surface area contributed by atoms with E-state index < -0.39 is 0 Å². The van der Waals surface area contributed by atoms with Crippen LogP contribution in [0, 0.1) is 13.8 Å². The van der Waals surface area contributed by atoms with Crippen LogP contribution in [-0.2, 0) is 9.59 Å². The molecule has 32 heavy (non-hydrogen) atoms. The molecule has 2 amide bonds. The zero-order valence-electron chi connectivity index (χ0n) is 17.8. The number of carbonyl (C=O) groups excluding carboxylic acids is 2. The molecule has 4 aromatic carbocycles. The van der Waals surface area contributed by atoms with Crippen LogP contribution in [0.15, 0.2) is 101 Å². The van der Waals surface area contributed by atoms with Gasteiger partial charge in [0.1, 0.15) is 0 Å². The van der Waals surface area contributed by atoms with Gasteiger partial charge < -0.3 is 0 Å². The summed E-state index contributed by atoms with van der Waals surface area (Å²) >= 11 is 1.35. The molecule has 4 aromatic rings. The van der Waals surface area contributed by atoms with E-state index in [0.29, 0.717) is 16.2 Å². The largest absolute Gasteiger partial charge is 0.272 e. The van der Waals surface area contributed by atoms with E-state index >= 15 is 0 Å². The van der Waals surface area contributed by atoms with Gasteiger partial charge in [-0.1, -0.05) is 84.6 Å². The summed E-state index contributed by atoms with van der Waals surface area (Å²) < 4.78 is 0. The van der Waals surface area contributed by atoms with Crippen molar-refractivity contribution >= 4 is 45.6 Å². The molecule has 4 heteroatoms. The fourth-order valence-corrected chi connectivity index (χ4v) is 5.00. The highest BCUT2D eigenvalue weighted by molar-refractivity contribution is 8.04. The molecular weight excluding hydrogens is 414 g/mol. The minimum absolute atomic E-state index is 0.284. The van der Waals surface area contributed by atoms with E-state index in [4.69, 9.17) is 0 Å². The van der Waals surface area contributed by atoms with Gasteiger partial charge in [0.15, 0.2) is 0 Å². The Bertz CT molecular complexity index is 1400. The van der Waals surface area contributed by atoms with Crippen molar-refractivity contribution in [1.82, 2.24) is 0 Å². The Hall–Kier alpha value is -3.63. The van der Waals surface area contributed by atoms with E-state index in [9.17, 15) is 9.59 Å². The maximum atomic E-state index is 13.8. The van der Waals surface area contributed by atoms with Gasteiger partial charge in [-0.05, 0) is 54.1 Å². The standard InChI is InChI=1S/C28H21NO2S/c1-18-15-16-21(17-19(18)2)25-26(32-22-11-4-3-5-12-22)28(31)29(27(25)30)24-14-8-10-20-9-6-7-13-23(20)24/h3-17H,1-2H3. The second kappa shape index (κ2) is 8.13. The molecule has 0 aromatic heterocycles. The maximum absolute atomic E-state index is 13.8. The second-order valence-corrected chi connectivity index (χ2v) is 8.95. The third-order valence-corrected chi connectivity index (χ3v) is 6.90. The summed E-state index contributed by atoms with van der Waals surface area (Å²) in [5, 5.41) is 1.87. The molecule has 0 unspecified atom stereocenters. The number of thioether (sulfide) groups is 1. The molecule has 156 valence electrons. The predicted molar refractivity (Wildman–Crippen MR) is 132 cm³/mol. The molecule has 0 saturated carbocycles. The highest BCUT2D eigenvalue weighted by Crippen LogP contribution is 2.43. The van der Waals surface area contributed by atoms with Gasteiger partial charge in [-0.2, -0.15) is 0 Å². The predicted octanol–water partition coefficient (Wildman–Crippen LogP) is 6.53. The van der Waals surface area contributed by atoms with Gasteiger partial charge in [-0.25, -0.2) is 4.90 Å². The van der Waals surface area contributed by atoms with Crippen molar-refractivity contribution in [2.75, 3.05) is 4.90 Å². The number of benzene rings is 4. The number of carbonyl (C=O) groups is 2. The summed E-state index contributed by atoms with van der Waals surface area (Å²) in [4.78, 5) is 30.2. The van der Waals surface area contributed by atoms with Crippen LogP contribution in [0.25, 0.3) is 16.3 Å². The molecule has 0 aliphatic carbocycles. The molecule has 0 saturated heterocycles. The molecule has 0 radical (unpaired) electrons. The van der Waals surface area contributed by atoms with E-state index in [0.717, 1.165) is 32.4 Å². The van der Waals surface area contributed by atoms with Crippen molar-refractivity contribution in [3.63, 3.8) is 0 Å². The van der Waals surface area contributed by atoms with Gasteiger partial charge in [0.25, 0.3) is 11.8 Å². The Labute approximate surface area is 191 Å². The summed E-state index contributed by atoms with van der Waals surface area (Å²) in [6, 6.07) is 29.2. The van der Waals surface area contributed by atoms with Crippen LogP contribution in [0.2, 0.25) is 0 Å². The maximum Gasteiger partial charge on any atom is 0.272 e. The molecule has 0 atom stereocenters. The Morgan fingerprint density at radius 2 is 1.41 bits per heavy atom. The normalized spacial score (nSPS) is 14.0. The first-order chi connectivity index (χ1) is 15.5.